The predicted octanol–water partition coefficient (Wildman–Crippen LogP) is 10.3. The summed E-state index contributed by atoms with van der Waals surface area (Å²) in [5, 5.41) is 61.5. The van der Waals surface area contributed by atoms with Crippen molar-refractivity contribution in [2.24, 2.45) is 28.9 Å². The first-order valence-corrected chi connectivity index (χ1v) is 49.8. The number of aromatic carboxylic acids is 2. The fourth-order valence-corrected chi connectivity index (χ4v) is 14.8. The standard InChI is InChI=1S/C101H158N8O31/c1-101(2,67-90(115)87(102)66-80-68-103-74-109-80)91(116)69-108-88(32-20-22-46-105-94(119)71-136-60-56-132-50-26-31-84(113)70-135-59-57-133-53-47-106-92(117)44-38-79(100(129)130)64-83(112)29-18-14-10-6-4-8-12-16-24-52-140-86-42-36-76(37-43-86)97(123)124)89(114)65-77(98(125)126)27-19-21-45-104-93(118)72-138-62-58-134-54-48-107-95(120)73-137-61-55-131-49-25-30-81(110)39-33-78(99(127)128)63-82(111)28-17-13-9-5-3-7-11-15-23-51-139-85-40-34-75(35-41-85)96(121)122/h34-37,40-43,68,74,77-79,87-88,108H,3-33,38-39,44-67,69-73,102H2,1-2H3,(H,103,109)(H,104,118)(H,105,119)(H,106,117)(H,107,120)(H,121,122)(H,123,124)(H,125,126)(H,127,128)(H,129,130)/t77-,78-,79-,87+,88+/m1/s1. The minimum Gasteiger partial charge on any atom is -0.494 e. The molecule has 0 aliphatic heterocycles. The number of ketones is 7. The van der Waals surface area contributed by atoms with E-state index in [1.165, 1.54) is 30.6 Å². The quantitative estimate of drug-likeness (QED) is 0.0234. The Morgan fingerprint density at radius 1 is 0.357 bits per heavy atom. The number of amides is 4. The third-order valence-corrected chi connectivity index (χ3v) is 23.2. The van der Waals surface area contributed by atoms with Crippen LogP contribution in [0.25, 0.3) is 0 Å². The van der Waals surface area contributed by atoms with Gasteiger partial charge < -0.3 is 110 Å². The molecule has 0 unspecified atom stereocenters. The Balaban J connectivity index is 1.18. The molecule has 0 radical (unpaired) electrons. The first-order chi connectivity index (χ1) is 67.4. The molecule has 0 aliphatic rings. The SMILES string of the molecule is CC(C)(CC(=O)[C@@H](N)Cc1cnc[nH]1)C(=O)CN[C@@H](CCCCNC(=O)COCCOCCCC(=O)COCCOCCNC(=O)CC[C@H](CC(=O)CCCCCCCCCCCOc1ccc(C(=O)O)cc1)C(=O)O)C(=O)C[C@@H](CCCCNC(=O)COCCOCCNC(=O)COCCOCCCC(=O)CC[C@H](CC(=O)CCCCCCCCCCCOc1ccc(C(=O)O)cc1)C(=O)O)C(=O)O. The van der Waals surface area contributed by atoms with Crippen molar-refractivity contribution in [3.05, 3.63) is 77.9 Å². The van der Waals surface area contributed by atoms with E-state index < -0.39 is 82.7 Å². The maximum atomic E-state index is 14.0. The van der Waals surface area contributed by atoms with Gasteiger partial charge in [-0.1, -0.05) is 110 Å². The van der Waals surface area contributed by atoms with Crippen molar-refractivity contribution >= 4 is 94.0 Å². The van der Waals surface area contributed by atoms with Gasteiger partial charge in [0.05, 0.1) is 133 Å². The third kappa shape index (κ3) is 65.7. The van der Waals surface area contributed by atoms with Gasteiger partial charge in [0.15, 0.2) is 23.1 Å². The second kappa shape index (κ2) is 79.3. The van der Waals surface area contributed by atoms with Gasteiger partial charge in [-0.05, 0) is 132 Å². The summed E-state index contributed by atoms with van der Waals surface area (Å²) in [7, 11) is 0. The Bertz CT molecular complexity index is 4040. The molecule has 2 aromatic carbocycles. The number of carbonyl (C=O) groups excluding carboxylic acids is 11. The molecule has 39 nitrogen and oxygen atoms in total. The molecule has 39 heteroatoms. The molecule has 0 saturated carbocycles. The summed E-state index contributed by atoms with van der Waals surface area (Å²) in [5.41, 5.74) is 6.09. The number of aromatic nitrogens is 2. The zero-order chi connectivity index (χ0) is 102. The first-order valence-electron chi connectivity index (χ1n) is 49.8. The number of carbonyl (C=O) groups is 16. The van der Waals surface area contributed by atoms with Crippen molar-refractivity contribution in [1.82, 2.24) is 36.6 Å². The number of hydrogen-bond donors (Lipinski definition) is 12. The fourth-order valence-electron chi connectivity index (χ4n) is 14.8. The van der Waals surface area contributed by atoms with Gasteiger partial charge in [0, 0.05) is 127 Å². The molecule has 3 aromatic rings. The van der Waals surface area contributed by atoms with Crippen molar-refractivity contribution in [3.8, 4) is 11.5 Å². The number of benzene rings is 2. The molecular weight excluding hydrogens is 1820 g/mol. The largest absolute Gasteiger partial charge is 0.494 e. The van der Waals surface area contributed by atoms with Gasteiger partial charge in [0.2, 0.25) is 23.6 Å². The summed E-state index contributed by atoms with van der Waals surface area (Å²) in [6, 6.07) is 10.8. The van der Waals surface area contributed by atoms with Crippen LogP contribution >= 0.6 is 0 Å². The molecule has 788 valence electrons. The highest BCUT2D eigenvalue weighted by molar-refractivity contribution is 5.95. The molecule has 3 rings (SSSR count). The second-order valence-corrected chi connectivity index (χ2v) is 35.7. The number of nitrogens with two attached hydrogens (primary N) is 1. The van der Waals surface area contributed by atoms with Crippen molar-refractivity contribution in [2.45, 2.75) is 276 Å². The van der Waals surface area contributed by atoms with Crippen LogP contribution in [0, 0.1) is 23.2 Å². The van der Waals surface area contributed by atoms with Crippen LogP contribution in [-0.4, -0.2) is 293 Å². The normalized spacial score (nSPS) is 12.4. The topological polar surface area (TPSA) is 581 Å². The number of H-pyrrole nitrogens is 1. The maximum Gasteiger partial charge on any atom is 0.335 e. The maximum absolute atomic E-state index is 14.0. The van der Waals surface area contributed by atoms with Crippen LogP contribution in [0.15, 0.2) is 61.1 Å². The van der Waals surface area contributed by atoms with Gasteiger partial charge in [-0.2, -0.15) is 0 Å². The summed E-state index contributed by atoms with van der Waals surface area (Å²) in [4.78, 5) is 206. The molecule has 0 fully saturated rings. The van der Waals surface area contributed by atoms with E-state index in [0.29, 0.717) is 94.6 Å². The molecular formula is C101H158N8O31. The Morgan fingerprint density at radius 3 is 1.17 bits per heavy atom. The number of nitrogens with zero attached hydrogens (tertiary/aromatic N) is 1. The van der Waals surface area contributed by atoms with Crippen LogP contribution in [0.1, 0.15) is 284 Å². The number of nitrogens with one attached hydrogen (secondary N) is 6. The first kappa shape index (κ1) is 124. The zero-order valence-electron chi connectivity index (χ0n) is 82.4. The van der Waals surface area contributed by atoms with Crippen molar-refractivity contribution < 1.29 is 150 Å². The summed E-state index contributed by atoms with van der Waals surface area (Å²) in [6.45, 7) is 5.84. The molecule has 1 heterocycles. The zero-order valence-corrected chi connectivity index (χ0v) is 82.4. The number of ether oxygens (including phenoxy) is 10. The monoisotopic (exact) mass is 1980 g/mol. The Kier molecular flexibility index (Phi) is 70.2. The van der Waals surface area contributed by atoms with Crippen molar-refractivity contribution in [2.75, 3.05) is 152 Å². The molecule has 4 amide bonds. The molecule has 1 aromatic heterocycles. The van der Waals surface area contributed by atoms with Crippen molar-refractivity contribution in [3.63, 3.8) is 0 Å². The van der Waals surface area contributed by atoms with E-state index in [4.69, 9.17) is 63.3 Å². The minimum atomic E-state index is -1.20. The van der Waals surface area contributed by atoms with Gasteiger partial charge in [0.25, 0.3) is 0 Å². The third-order valence-electron chi connectivity index (χ3n) is 23.2. The van der Waals surface area contributed by atoms with Crippen LogP contribution in [0.5, 0.6) is 11.5 Å². The van der Waals surface area contributed by atoms with Crippen LogP contribution in [0.2, 0.25) is 0 Å². The van der Waals surface area contributed by atoms with E-state index >= 15 is 0 Å². The number of aliphatic carboxylic acids is 3. The summed E-state index contributed by atoms with van der Waals surface area (Å²) >= 11 is 0. The number of aromatic amines is 1. The van der Waals surface area contributed by atoms with Crippen LogP contribution in [0.3, 0.4) is 0 Å². The highest BCUT2D eigenvalue weighted by atomic mass is 16.5. The highest BCUT2D eigenvalue weighted by Gasteiger charge is 2.34. The van der Waals surface area contributed by atoms with E-state index in [1.807, 2.05) is 0 Å². The number of carboxylic acids is 5. The highest BCUT2D eigenvalue weighted by Crippen LogP contribution is 2.26. The Hall–Kier alpha value is -10.2. The van der Waals surface area contributed by atoms with Gasteiger partial charge >= 0.3 is 29.8 Å². The van der Waals surface area contributed by atoms with E-state index in [1.54, 1.807) is 44.3 Å². The number of unbranched alkanes of at least 4 members (excludes halogenated alkanes) is 18. The van der Waals surface area contributed by atoms with Gasteiger partial charge in [-0.3, -0.25) is 67.1 Å². The summed E-state index contributed by atoms with van der Waals surface area (Å²) < 4.78 is 55.0. The van der Waals surface area contributed by atoms with Crippen LogP contribution < -0.4 is 41.8 Å². The lowest BCUT2D eigenvalue weighted by Gasteiger charge is -2.26. The number of Topliss-reactive ketones (excluding diaryl/α,β-unsaturated/α-hetero) is 7. The number of imidazole rings is 1. The lowest BCUT2D eigenvalue weighted by molar-refractivity contribution is -0.144. The molecule has 140 heavy (non-hydrogen) atoms. The summed E-state index contributed by atoms with van der Waals surface area (Å²) in [5.74, 6) is -10.2. The molecule has 0 spiro atoms. The molecule has 13 N–H and O–H groups in total. The van der Waals surface area contributed by atoms with Gasteiger partial charge in [0.1, 0.15) is 55.3 Å². The predicted molar refractivity (Wildman–Crippen MR) is 516 cm³/mol. The van der Waals surface area contributed by atoms with E-state index in [0.717, 1.165) is 103 Å². The van der Waals surface area contributed by atoms with Crippen LogP contribution in [0.4, 0.5) is 0 Å². The smallest absolute Gasteiger partial charge is 0.335 e. The number of hydrogen-bond acceptors (Lipinski definition) is 29. The average molecular weight is 1980 g/mol. The number of rotatable bonds is 97. The molecule has 0 saturated heterocycles. The molecule has 0 bridgehead atoms. The number of carboxylic acid groups (broad SMARTS) is 5. The van der Waals surface area contributed by atoms with E-state index in [-0.39, 0.29) is 280 Å². The lowest BCUT2D eigenvalue weighted by atomic mass is 9.81. The average Bonchev–Trinajstić information content (AvgIpc) is 1.13. The lowest BCUT2D eigenvalue weighted by Crippen LogP contribution is -2.45. The van der Waals surface area contributed by atoms with Crippen molar-refractivity contribution in [1.29, 1.82) is 0 Å². The Morgan fingerprint density at radius 2 is 0.736 bits per heavy atom. The minimum absolute atomic E-state index is 0.0307. The fraction of sp³-hybridized carbons (Fsp3) is 0.693. The van der Waals surface area contributed by atoms with Gasteiger partial charge in [-0.15, -0.1) is 0 Å². The van der Waals surface area contributed by atoms with E-state index in [2.05, 4.69) is 36.6 Å². The second-order valence-electron chi connectivity index (χ2n) is 35.7. The molecule has 0 aliphatic carbocycles. The Labute approximate surface area is 822 Å². The van der Waals surface area contributed by atoms with Gasteiger partial charge in [-0.25, -0.2) is 14.6 Å². The van der Waals surface area contributed by atoms with E-state index in [9.17, 15) is 92.0 Å². The van der Waals surface area contributed by atoms with Crippen LogP contribution in [-0.2, 0) is 111 Å². The summed E-state index contributed by atoms with van der Waals surface area (Å²) in [6.07, 6.45) is 23.9. The molecule has 5 atom stereocenters.